The van der Waals surface area contributed by atoms with E-state index < -0.39 is 35.4 Å². The van der Waals surface area contributed by atoms with Gasteiger partial charge in [-0.2, -0.15) is 0 Å². The molecule has 3 amide bonds. The predicted molar refractivity (Wildman–Crippen MR) is 168 cm³/mol. The number of aliphatic hydroxyl groups excluding tert-OH is 1. The molecule has 5 N–H and O–H groups in total. The third kappa shape index (κ3) is 8.55. The zero-order valence-electron chi connectivity index (χ0n) is 25.5. The second-order valence-corrected chi connectivity index (χ2v) is 12.7. The molecule has 2 aromatic carbocycles. The van der Waals surface area contributed by atoms with Gasteiger partial charge in [0, 0.05) is 26.1 Å². The van der Waals surface area contributed by atoms with E-state index in [1.807, 2.05) is 57.5 Å². The van der Waals surface area contributed by atoms with Crippen molar-refractivity contribution < 1.29 is 29.0 Å². The van der Waals surface area contributed by atoms with Crippen LogP contribution in [-0.2, 0) is 20.9 Å². The van der Waals surface area contributed by atoms with E-state index in [1.165, 1.54) is 4.90 Å². The molecule has 1 aromatic heterocycles. The normalized spacial score (nSPS) is 17.2. The number of ether oxygens (including phenoxy) is 2. The molecular weight excluding hydrogens is 582 g/mol. The van der Waals surface area contributed by atoms with Gasteiger partial charge in [-0.1, -0.05) is 45.0 Å². The van der Waals surface area contributed by atoms with E-state index in [0.29, 0.717) is 24.7 Å². The molecule has 0 spiro atoms. The van der Waals surface area contributed by atoms with Crippen molar-refractivity contribution in [3.05, 3.63) is 65.3 Å². The number of likely N-dealkylation sites (tertiary alicyclic amines) is 1. The molecule has 236 valence electrons. The van der Waals surface area contributed by atoms with Gasteiger partial charge in [-0.15, -0.1) is 11.3 Å². The van der Waals surface area contributed by atoms with E-state index in [9.17, 15) is 19.5 Å². The summed E-state index contributed by atoms with van der Waals surface area (Å²) in [5, 5.41) is 16.1. The number of amides is 3. The Hall–Kier alpha value is -4.00. The number of hydrogen-bond acceptors (Lipinski definition) is 9. The summed E-state index contributed by atoms with van der Waals surface area (Å²) in [6, 6.07) is 12.8. The molecule has 1 fully saturated rings. The monoisotopic (exact) mass is 623 g/mol. The predicted octanol–water partition coefficient (Wildman–Crippen LogP) is 2.64. The Bertz CT molecular complexity index is 1420. The van der Waals surface area contributed by atoms with Crippen LogP contribution in [0, 0.1) is 12.3 Å². The van der Waals surface area contributed by atoms with Crippen molar-refractivity contribution in [3.63, 3.8) is 0 Å². The first-order chi connectivity index (χ1) is 21.0. The molecule has 0 radical (unpaired) electrons. The molecule has 0 bridgehead atoms. The Labute approximate surface area is 261 Å². The Morgan fingerprint density at radius 2 is 1.75 bits per heavy atom. The molecule has 3 atom stereocenters. The van der Waals surface area contributed by atoms with Gasteiger partial charge >= 0.3 is 0 Å². The highest BCUT2D eigenvalue weighted by atomic mass is 32.1. The van der Waals surface area contributed by atoms with Crippen LogP contribution in [-0.4, -0.2) is 77.2 Å². The Balaban J connectivity index is 1.35. The van der Waals surface area contributed by atoms with Crippen LogP contribution in [0.4, 0.5) is 0 Å². The smallest absolute Gasteiger partial charge is 0.258 e. The number of rotatable bonds is 12. The number of hydrogen-bond donors (Lipinski definition) is 4. The van der Waals surface area contributed by atoms with E-state index >= 15 is 0 Å². The highest BCUT2D eigenvalue weighted by Gasteiger charge is 2.44. The van der Waals surface area contributed by atoms with Crippen LogP contribution in [0.1, 0.15) is 38.4 Å². The first-order valence-corrected chi connectivity index (χ1v) is 15.4. The minimum Gasteiger partial charge on any atom is -0.492 e. The minimum absolute atomic E-state index is 0.00264. The largest absolute Gasteiger partial charge is 0.492 e. The van der Waals surface area contributed by atoms with Crippen molar-refractivity contribution in [2.45, 2.75) is 58.8 Å². The number of aryl methyl sites for hydroxylation is 1. The lowest BCUT2D eigenvalue weighted by molar-refractivity contribution is -0.144. The van der Waals surface area contributed by atoms with Crippen molar-refractivity contribution in [3.8, 4) is 21.9 Å². The second-order valence-electron chi connectivity index (χ2n) is 11.8. The van der Waals surface area contributed by atoms with Gasteiger partial charge in [-0.3, -0.25) is 14.4 Å². The summed E-state index contributed by atoms with van der Waals surface area (Å²) in [5.74, 6) is -0.185. The molecule has 11 nitrogen and oxygen atoms in total. The van der Waals surface area contributed by atoms with Crippen molar-refractivity contribution in [2.75, 3.05) is 26.3 Å². The molecule has 1 saturated heterocycles. The lowest BCUT2D eigenvalue weighted by Gasteiger charge is -2.35. The van der Waals surface area contributed by atoms with Crippen LogP contribution in [0.25, 0.3) is 10.4 Å². The van der Waals surface area contributed by atoms with Crippen molar-refractivity contribution in [2.24, 2.45) is 11.1 Å². The van der Waals surface area contributed by atoms with Crippen LogP contribution in [0.2, 0.25) is 0 Å². The second kappa shape index (κ2) is 14.7. The third-order valence-electron chi connectivity index (χ3n) is 7.29. The third-order valence-corrected chi connectivity index (χ3v) is 8.27. The maximum absolute atomic E-state index is 13.8. The highest BCUT2D eigenvalue weighted by Crippen LogP contribution is 2.28. The summed E-state index contributed by atoms with van der Waals surface area (Å²) >= 11 is 1.58. The number of carbonyl (C=O) groups is 3. The Morgan fingerprint density at radius 1 is 1.09 bits per heavy atom. The number of benzene rings is 2. The SMILES string of the molecule is Cc1ncsc1-c1ccc(CNC(=O)[C@@H]2C[C@@H](O)CN2C(=O)[C@@H](NC(=O)COc2ccc(OCCN)cc2)C(C)(C)C)cc1. The van der Waals surface area contributed by atoms with Crippen LogP contribution >= 0.6 is 11.3 Å². The fourth-order valence-corrected chi connectivity index (χ4v) is 5.75. The number of aliphatic hydroxyl groups is 1. The number of aromatic nitrogens is 1. The van der Waals surface area contributed by atoms with Gasteiger partial charge in [0.05, 0.1) is 22.2 Å². The van der Waals surface area contributed by atoms with Crippen molar-refractivity contribution in [1.29, 1.82) is 0 Å². The summed E-state index contributed by atoms with van der Waals surface area (Å²) in [6.45, 7) is 8.20. The number of β-amino-alcohol motifs (C(OH)–C–C–N with tert-alkyl or cyclic N) is 1. The van der Waals surface area contributed by atoms with E-state index in [4.69, 9.17) is 15.2 Å². The zero-order chi connectivity index (χ0) is 31.9. The number of nitrogens with zero attached hydrogens (tertiary/aromatic N) is 2. The van der Waals surface area contributed by atoms with Crippen LogP contribution in [0.3, 0.4) is 0 Å². The van der Waals surface area contributed by atoms with Gasteiger partial charge in [0.25, 0.3) is 5.91 Å². The number of thiazole rings is 1. The number of nitrogens with two attached hydrogens (primary N) is 1. The summed E-state index contributed by atoms with van der Waals surface area (Å²) < 4.78 is 11.0. The molecule has 2 heterocycles. The van der Waals surface area contributed by atoms with Gasteiger partial charge < -0.3 is 35.8 Å². The maximum atomic E-state index is 13.8. The van der Waals surface area contributed by atoms with Gasteiger partial charge in [-0.25, -0.2) is 4.98 Å². The molecule has 1 aliphatic heterocycles. The van der Waals surface area contributed by atoms with Gasteiger partial charge in [0.15, 0.2) is 6.61 Å². The van der Waals surface area contributed by atoms with E-state index in [2.05, 4.69) is 15.6 Å². The Morgan fingerprint density at radius 3 is 2.34 bits per heavy atom. The minimum atomic E-state index is -0.950. The summed E-state index contributed by atoms with van der Waals surface area (Å²) in [5.41, 5.74) is 9.51. The summed E-state index contributed by atoms with van der Waals surface area (Å²) in [4.78, 5) is 46.7. The van der Waals surface area contributed by atoms with Gasteiger partial charge in [0.2, 0.25) is 11.8 Å². The molecule has 3 aromatic rings. The van der Waals surface area contributed by atoms with Crippen molar-refractivity contribution in [1.82, 2.24) is 20.5 Å². The summed E-state index contributed by atoms with van der Waals surface area (Å²) in [6.07, 6.45) is -0.742. The lowest BCUT2D eigenvalue weighted by atomic mass is 9.85. The van der Waals surface area contributed by atoms with Gasteiger partial charge in [0.1, 0.15) is 30.2 Å². The van der Waals surface area contributed by atoms with E-state index in [0.717, 1.165) is 21.7 Å². The molecule has 0 saturated carbocycles. The number of carbonyl (C=O) groups excluding carboxylic acids is 3. The highest BCUT2D eigenvalue weighted by molar-refractivity contribution is 7.13. The lowest BCUT2D eigenvalue weighted by Crippen LogP contribution is -2.58. The first kappa shape index (κ1) is 32.9. The maximum Gasteiger partial charge on any atom is 0.258 e. The number of nitrogens with one attached hydrogen (secondary N) is 2. The molecule has 4 rings (SSSR count). The topological polar surface area (TPSA) is 156 Å². The average molecular weight is 624 g/mol. The fraction of sp³-hybridized carbons (Fsp3) is 0.438. The fourth-order valence-electron chi connectivity index (χ4n) is 4.94. The summed E-state index contributed by atoms with van der Waals surface area (Å²) in [7, 11) is 0. The van der Waals surface area contributed by atoms with Crippen LogP contribution < -0.4 is 25.8 Å². The van der Waals surface area contributed by atoms with Crippen LogP contribution in [0.5, 0.6) is 11.5 Å². The van der Waals surface area contributed by atoms with E-state index in [-0.39, 0.29) is 32.0 Å². The Kier molecular flexibility index (Phi) is 11.0. The molecule has 12 heteroatoms. The molecule has 0 unspecified atom stereocenters. The molecule has 1 aliphatic rings. The molecular formula is C32H41N5O6S. The molecule has 0 aliphatic carbocycles. The van der Waals surface area contributed by atoms with E-state index in [1.54, 1.807) is 35.6 Å². The first-order valence-electron chi connectivity index (χ1n) is 14.6. The van der Waals surface area contributed by atoms with Gasteiger partial charge in [-0.05, 0) is 47.7 Å². The van der Waals surface area contributed by atoms with Crippen LogP contribution in [0.15, 0.2) is 54.0 Å². The van der Waals surface area contributed by atoms with Crippen molar-refractivity contribution >= 4 is 29.1 Å². The standard InChI is InChI=1S/C32H41N5O6S/c1-20-28(44-19-35-20)22-7-5-21(6-8-22)16-34-30(40)26-15-23(38)17-37(26)31(41)29(32(2,3)4)36-27(39)18-43-25-11-9-24(10-12-25)42-14-13-33/h5-12,19,23,26,29,38H,13-18,33H2,1-4H3,(H,34,40)(H,36,39)/t23-,26+,29-/m1/s1. The molecule has 44 heavy (non-hydrogen) atoms. The zero-order valence-corrected chi connectivity index (χ0v) is 26.4. The quantitative estimate of drug-likeness (QED) is 0.240. The average Bonchev–Trinajstić information content (AvgIpc) is 3.61.